The number of rotatable bonds is 6. The first kappa shape index (κ1) is 16.9. The first-order valence-electron chi connectivity index (χ1n) is 8.37. The molecule has 0 aliphatic heterocycles. The first-order valence-corrected chi connectivity index (χ1v) is 8.37. The number of amides is 2. The minimum absolute atomic E-state index is 0.0409. The van der Waals surface area contributed by atoms with Crippen molar-refractivity contribution in [2.24, 2.45) is 5.92 Å². The zero-order chi connectivity index (χ0) is 17.8. The van der Waals surface area contributed by atoms with Gasteiger partial charge < -0.3 is 10.6 Å². The van der Waals surface area contributed by atoms with Crippen LogP contribution in [0.15, 0.2) is 41.2 Å². The lowest BCUT2D eigenvalue weighted by Gasteiger charge is -2.08. The van der Waals surface area contributed by atoms with Crippen molar-refractivity contribution in [3.8, 4) is 0 Å². The molecule has 2 aromatic rings. The third-order valence-corrected chi connectivity index (χ3v) is 3.89. The fraction of sp³-hybridized carbons (Fsp3) is 0.333. The number of aryl methyl sites for hydroxylation is 1. The molecule has 1 heterocycles. The number of carbonyl (C=O) groups is 2. The van der Waals surface area contributed by atoms with Crippen LogP contribution in [0.1, 0.15) is 36.7 Å². The van der Waals surface area contributed by atoms with Gasteiger partial charge in [0.15, 0.2) is 0 Å². The lowest BCUT2D eigenvalue weighted by atomic mass is 10.2. The van der Waals surface area contributed by atoms with E-state index in [1.165, 1.54) is 16.8 Å². The van der Waals surface area contributed by atoms with Crippen LogP contribution < -0.4 is 16.2 Å². The average molecular weight is 340 g/mol. The summed E-state index contributed by atoms with van der Waals surface area (Å²) in [6.45, 7) is 2.40. The molecule has 0 spiro atoms. The van der Waals surface area contributed by atoms with Crippen LogP contribution >= 0.6 is 0 Å². The molecule has 130 valence electrons. The van der Waals surface area contributed by atoms with Crippen LogP contribution in [-0.2, 0) is 11.3 Å². The molecule has 0 bridgehead atoms. The predicted octanol–water partition coefficient (Wildman–Crippen LogP) is 2.25. The van der Waals surface area contributed by atoms with Crippen LogP contribution in [0.2, 0.25) is 0 Å². The molecule has 0 saturated heterocycles. The van der Waals surface area contributed by atoms with E-state index in [2.05, 4.69) is 15.7 Å². The Balaban J connectivity index is 1.65. The zero-order valence-corrected chi connectivity index (χ0v) is 14.0. The molecule has 2 amide bonds. The zero-order valence-electron chi connectivity index (χ0n) is 14.0. The van der Waals surface area contributed by atoms with Gasteiger partial charge in [0.2, 0.25) is 5.91 Å². The Morgan fingerprint density at radius 3 is 2.32 bits per heavy atom. The maximum absolute atomic E-state index is 12.3. The summed E-state index contributed by atoms with van der Waals surface area (Å²) in [5, 5.41) is 9.65. The Morgan fingerprint density at radius 2 is 1.72 bits per heavy atom. The highest BCUT2D eigenvalue weighted by atomic mass is 16.2. The summed E-state index contributed by atoms with van der Waals surface area (Å²) in [6, 6.07) is 9.65. The largest absolute Gasteiger partial charge is 0.326 e. The molecule has 1 fully saturated rings. The van der Waals surface area contributed by atoms with Gasteiger partial charge in [0.25, 0.3) is 11.5 Å². The molecule has 0 atom stereocenters. The highest BCUT2D eigenvalue weighted by Gasteiger charge is 2.29. The van der Waals surface area contributed by atoms with E-state index in [9.17, 15) is 14.4 Å². The summed E-state index contributed by atoms with van der Waals surface area (Å²) < 4.78 is 1.28. The van der Waals surface area contributed by atoms with Gasteiger partial charge >= 0.3 is 0 Å². The molecule has 1 aromatic carbocycles. The fourth-order valence-corrected chi connectivity index (χ4v) is 2.36. The van der Waals surface area contributed by atoms with E-state index in [0.29, 0.717) is 17.9 Å². The standard InChI is InChI=1S/C18H20N4O3/c1-2-11-22-16(23)10-9-15(21-22)18(25)20-14-7-5-13(6-8-14)19-17(24)12-3-4-12/h5-10,12H,2-4,11H2,1H3,(H,19,24)(H,20,25). The molecule has 7 nitrogen and oxygen atoms in total. The number of carbonyl (C=O) groups excluding carboxylic acids is 2. The van der Waals surface area contributed by atoms with Gasteiger partial charge in [-0.1, -0.05) is 6.92 Å². The maximum Gasteiger partial charge on any atom is 0.276 e. The molecular formula is C18H20N4O3. The summed E-state index contributed by atoms with van der Waals surface area (Å²) in [4.78, 5) is 35.7. The van der Waals surface area contributed by atoms with E-state index in [4.69, 9.17) is 0 Å². The Hall–Kier alpha value is -2.96. The monoisotopic (exact) mass is 340 g/mol. The second-order valence-corrected chi connectivity index (χ2v) is 6.07. The molecular weight excluding hydrogens is 320 g/mol. The van der Waals surface area contributed by atoms with E-state index in [0.717, 1.165) is 19.3 Å². The second-order valence-electron chi connectivity index (χ2n) is 6.07. The van der Waals surface area contributed by atoms with Gasteiger partial charge in [0, 0.05) is 29.9 Å². The molecule has 0 radical (unpaired) electrons. The quantitative estimate of drug-likeness (QED) is 0.843. The molecule has 7 heteroatoms. The van der Waals surface area contributed by atoms with E-state index in [1.807, 2.05) is 6.92 Å². The van der Waals surface area contributed by atoms with Crippen LogP contribution in [0.4, 0.5) is 11.4 Å². The minimum Gasteiger partial charge on any atom is -0.326 e. The summed E-state index contributed by atoms with van der Waals surface area (Å²) in [5.41, 5.74) is 1.24. The van der Waals surface area contributed by atoms with E-state index in [1.54, 1.807) is 24.3 Å². The summed E-state index contributed by atoms with van der Waals surface area (Å²) in [5.74, 6) is -0.206. The number of benzene rings is 1. The number of aromatic nitrogens is 2. The van der Waals surface area contributed by atoms with Crippen molar-refractivity contribution in [3.63, 3.8) is 0 Å². The summed E-state index contributed by atoms with van der Waals surface area (Å²) >= 11 is 0. The predicted molar refractivity (Wildman–Crippen MR) is 94.5 cm³/mol. The normalized spacial score (nSPS) is 13.3. The third-order valence-electron chi connectivity index (χ3n) is 3.89. The van der Waals surface area contributed by atoms with Gasteiger partial charge in [-0.3, -0.25) is 14.4 Å². The van der Waals surface area contributed by atoms with Crippen molar-refractivity contribution in [3.05, 3.63) is 52.4 Å². The van der Waals surface area contributed by atoms with Crippen molar-refractivity contribution >= 4 is 23.2 Å². The fourth-order valence-electron chi connectivity index (χ4n) is 2.36. The molecule has 0 unspecified atom stereocenters. The SMILES string of the molecule is CCCn1nc(C(=O)Nc2ccc(NC(=O)C3CC3)cc2)ccc1=O. The summed E-state index contributed by atoms with van der Waals surface area (Å²) in [6.07, 6.45) is 2.66. The molecule has 1 aromatic heterocycles. The smallest absolute Gasteiger partial charge is 0.276 e. The average Bonchev–Trinajstić information content (AvgIpc) is 3.44. The summed E-state index contributed by atoms with van der Waals surface area (Å²) in [7, 11) is 0. The molecule has 1 aliphatic carbocycles. The van der Waals surface area contributed by atoms with Gasteiger partial charge in [-0.05, 0) is 49.6 Å². The van der Waals surface area contributed by atoms with Gasteiger partial charge in [-0.25, -0.2) is 4.68 Å². The minimum atomic E-state index is -0.389. The highest BCUT2D eigenvalue weighted by Crippen LogP contribution is 2.30. The van der Waals surface area contributed by atoms with E-state index < -0.39 is 0 Å². The van der Waals surface area contributed by atoms with Gasteiger partial charge in [0.1, 0.15) is 5.69 Å². The first-order chi connectivity index (χ1) is 12.1. The van der Waals surface area contributed by atoms with Crippen molar-refractivity contribution in [2.45, 2.75) is 32.7 Å². The number of hydrogen-bond acceptors (Lipinski definition) is 4. The Kier molecular flexibility index (Phi) is 4.92. The Bertz CT molecular complexity index is 838. The molecule has 2 N–H and O–H groups in total. The maximum atomic E-state index is 12.3. The lowest BCUT2D eigenvalue weighted by molar-refractivity contribution is -0.117. The van der Waals surface area contributed by atoms with Crippen LogP contribution in [-0.4, -0.2) is 21.6 Å². The lowest BCUT2D eigenvalue weighted by Crippen LogP contribution is -2.26. The molecule has 25 heavy (non-hydrogen) atoms. The van der Waals surface area contributed by atoms with E-state index in [-0.39, 0.29) is 29.0 Å². The number of nitrogens with one attached hydrogen (secondary N) is 2. The van der Waals surface area contributed by atoms with Crippen molar-refractivity contribution in [1.82, 2.24) is 9.78 Å². The van der Waals surface area contributed by atoms with E-state index >= 15 is 0 Å². The Morgan fingerprint density at radius 1 is 1.08 bits per heavy atom. The van der Waals surface area contributed by atoms with Crippen molar-refractivity contribution < 1.29 is 9.59 Å². The second kappa shape index (κ2) is 7.29. The van der Waals surface area contributed by atoms with Gasteiger partial charge in [-0.2, -0.15) is 5.10 Å². The third kappa shape index (κ3) is 4.32. The van der Waals surface area contributed by atoms with Crippen LogP contribution in [0.3, 0.4) is 0 Å². The van der Waals surface area contributed by atoms with Gasteiger partial charge in [-0.15, -0.1) is 0 Å². The number of hydrogen-bond donors (Lipinski definition) is 2. The molecule has 1 aliphatic rings. The van der Waals surface area contributed by atoms with Crippen molar-refractivity contribution in [1.29, 1.82) is 0 Å². The van der Waals surface area contributed by atoms with Crippen molar-refractivity contribution in [2.75, 3.05) is 10.6 Å². The molecule has 3 rings (SSSR count). The molecule has 1 saturated carbocycles. The van der Waals surface area contributed by atoms with Crippen LogP contribution in [0.5, 0.6) is 0 Å². The highest BCUT2D eigenvalue weighted by molar-refractivity contribution is 6.03. The van der Waals surface area contributed by atoms with Gasteiger partial charge in [0.05, 0.1) is 0 Å². The Labute approximate surface area is 145 Å². The number of anilines is 2. The van der Waals surface area contributed by atoms with Crippen LogP contribution in [0.25, 0.3) is 0 Å². The van der Waals surface area contributed by atoms with Crippen LogP contribution in [0, 0.1) is 5.92 Å². The topological polar surface area (TPSA) is 93.1 Å². The number of nitrogens with zero attached hydrogens (tertiary/aromatic N) is 2.